The highest BCUT2D eigenvalue weighted by Crippen LogP contribution is 2.31. The van der Waals surface area contributed by atoms with E-state index in [2.05, 4.69) is 15.3 Å². The molecule has 1 aliphatic rings. The first kappa shape index (κ1) is 15.8. The summed E-state index contributed by atoms with van der Waals surface area (Å²) in [6.07, 6.45) is -0.969. The minimum atomic E-state index is -1.14. The maximum Gasteiger partial charge on any atom is 0.105 e. The Morgan fingerprint density at radius 2 is 1.86 bits per heavy atom. The summed E-state index contributed by atoms with van der Waals surface area (Å²) in [5.74, 6) is 0. The van der Waals surface area contributed by atoms with Gasteiger partial charge in [0.15, 0.2) is 0 Å². The van der Waals surface area contributed by atoms with Crippen LogP contribution in [0.2, 0.25) is 0 Å². The minimum absolute atomic E-state index is 0.185. The second kappa shape index (κ2) is 6.89. The van der Waals surface area contributed by atoms with E-state index in [0.29, 0.717) is 18.4 Å². The van der Waals surface area contributed by atoms with Crippen molar-refractivity contribution in [2.75, 3.05) is 19.6 Å². The first-order valence-electron chi connectivity index (χ1n) is 6.97. The molecular formula is C14H20N4O3. The number of hydrogen-bond donors (Lipinski definition) is 4. The average molecular weight is 292 g/mol. The second-order valence-electron chi connectivity index (χ2n) is 5.33. The van der Waals surface area contributed by atoms with Gasteiger partial charge in [-0.15, -0.1) is 0 Å². The lowest BCUT2D eigenvalue weighted by atomic mass is 9.84. The fourth-order valence-electron chi connectivity index (χ4n) is 2.56. The smallest absolute Gasteiger partial charge is 0.105 e. The zero-order valence-corrected chi connectivity index (χ0v) is 11.7. The molecule has 0 spiro atoms. The average Bonchev–Trinajstić information content (AvgIpc) is 2.52. The van der Waals surface area contributed by atoms with E-state index in [1.54, 1.807) is 24.3 Å². The van der Waals surface area contributed by atoms with Crippen molar-refractivity contribution in [3.05, 3.63) is 45.8 Å². The van der Waals surface area contributed by atoms with E-state index < -0.39 is 17.8 Å². The zero-order valence-electron chi connectivity index (χ0n) is 11.7. The number of benzene rings is 1. The summed E-state index contributed by atoms with van der Waals surface area (Å²) in [5, 5.41) is 36.7. The predicted molar refractivity (Wildman–Crippen MR) is 77.4 cm³/mol. The summed E-state index contributed by atoms with van der Waals surface area (Å²) in [6, 6.07) is 6.90. The number of rotatable bonds is 5. The molecule has 0 amide bonds. The Labute approximate surface area is 122 Å². The van der Waals surface area contributed by atoms with Crippen molar-refractivity contribution >= 4 is 0 Å². The van der Waals surface area contributed by atoms with Gasteiger partial charge in [-0.25, -0.2) is 0 Å². The molecule has 2 unspecified atom stereocenters. The molecular weight excluding hydrogens is 272 g/mol. The van der Waals surface area contributed by atoms with Crippen molar-refractivity contribution in [3.63, 3.8) is 0 Å². The van der Waals surface area contributed by atoms with Crippen molar-refractivity contribution < 1.29 is 15.3 Å². The molecule has 4 N–H and O–H groups in total. The number of aliphatic hydroxyl groups excluding tert-OH is 2. The van der Waals surface area contributed by atoms with Crippen molar-refractivity contribution in [2.45, 2.75) is 30.7 Å². The maximum atomic E-state index is 10.6. The van der Waals surface area contributed by atoms with E-state index in [0.717, 1.165) is 18.7 Å². The quantitative estimate of drug-likeness (QED) is 0.367. The van der Waals surface area contributed by atoms with Crippen LogP contribution in [0.15, 0.2) is 29.4 Å². The summed E-state index contributed by atoms with van der Waals surface area (Å²) in [7, 11) is 0. The molecule has 2 rings (SSSR count). The number of aliphatic hydroxyl groups is 3. The highest BCUT2D eigenvalue weighted by molar-refractivity contribution is 5.29. The summed E-state index contributed by atoms with van der Waals surface area (Å²) in [6.45, 7) is 1.35. The Balaban J connectivity index is 2.09. The fourth-order valence-corrected chi connectivity index (χ4v) is 2.56. The minimum Gasteiger partial charge on any atom is -0.390 e. The molecule has 0 bridgehead atoms. The summed E-state index contributed by atoms with van der Waals surface area (Å²) in [4.78, 5) is 2.55. The van der Waals surface area contributed by atoms with Gasteiger partial charge < -0.3 is 20.6 Å². The van der Waals surface area contributed by atoms with Crippen LogP contribution in [0.5, 0.6) is 0 Å². The standard InChI is InChI=1S/C14H20N4O3/c15-18-17-9-12(19)13(20)10-1-3-11(4-2-10)14(21)5-7-16-8-6-14/h1-4,12-13,16,19-21H,5-9H2. The van der Waals surface area contributed by atoms with Gasteiger partial charge in [-0.3, -0.25) is 0 Å². The summed E-state index contributed by atoms with van der Waals surface area (Å²) >= 11 is 0. The van der Waals surface area contributed by atoms with Gasteiger partial charge in [0.05, 0.1) is 18.2 Å². The van der Waals surface area contributed by atoms with Gasteiger partial charge in [-0.05, 0) is 42.6 Å². The molecule has 1 heterocycles. The van der Waals surface area contributed by atoms with Crippen molar-refractivity contribution in [1.82, 2.24) is 5.32 Å². The van der Waals surface area contributed by atoms with Crippen molar-refractivity contribution in [1.29, 1.82) is 0 Å². The lowest BCUT2D eigenvalue weighted by Gasteiger charge is -2.33. The molecule has 0 aromatic heterocycles. The number of hydrogen-bond acceptors (Lipinski definition) is 5. The van der Waals surface area contributed by atoms with Gasteiger partial charge >= 0.3 is 0 Å². The molecule has 1 aliphatic heterocycles. The van der Waals surface area contributed by atoms with E-state index in [4.69, 9.17) is 5.53 Å². The second-order valence-corrected chi connectivity index (χ2v) is 5.33. The SMILES string of the molecule is [N-]=[N+]=NCC(O)C(O)c1ccc(C2(O)CCNCC2)cc1. The molecule has 114 valence electrons. The molecule has 7 heteroatoms. The number of nitrogens with one attached hydrogen (secondary N) is 1. The van der Waals surface area contributed by atoms with Crippen LogP contribution in [0.25, 0.3) is 10.4 Å². The molecule has 2 atom stereocenters. The molecule has 21 heavy (non-hydrogen) atoms. The summed E-state index contributed by atoms with van der Waals surface area (Å²) in [5.41, 5.74) is 8.71. The highest BCUT2D eigenvalue weighted by Gasteiger charge is 2.31. The Morgan fingerprint density at radius 1 is 1.24 bits per heavy atom. The van der Waals surface area contributed by atoms with Gasteiger partial charge in [0.2, 0.25) is 0 Å². The number of nitrogens with zero attached hydrogens (tertiary/aromatic N) is 3. The lowest BCUT2D eigenvalue weighted by molar-refractivity contribution is 0.00559. The Bertz CT molecular complexity index is 507. The topological polar surface area (TPSA) is 121 Å². The predicted octanol–water partition coefficient (Wildman–Crippen LogP) is 0.962. The lowest BCUT2D eigenvalue weighted by Crippen LogP contribution is -2.39. The van der Waals surface area contributed by atoms with Crippen LogP contribution < -0.4 is 5.32 Å². The van der Waals surface area contributed by atoms with Gasteiger partial charge in [-0.1, -0.05) is 29.4 Å². The first-order valence-corrected chi connectivity index (χ1v) is 6.97. The fraction of sp³-hybridized carbons (Fsp3) is 0.571. The largest absolute Gasteiger partial charge is 0.390 e. The molecule has 1 aromatic rings. The van der Waals surface area contributed by atoms with Gasteiger partial charge in [0, 0.05) is 4.91 Å². The third-order valence-electron chi connectivity index (χ3n) is 3.92. The van der Waals surface area contributed by atoms with Crippen LogP contribution in [-0.4, -0.2) is 41.1 Å². The van der Waals surface area contributed by atoms with E-state index in [1.807, 2.05) is 0 Å². The highest BCUT2D eigenvalue weighted by atomic mass is 16.3. The third-order valence-corrected chi connectivity index (χ3v) is 3.92. The number of piperidine rings is 1. The first-order chi connectivity index (χ1) is 10.1. The molecule has 1 aromatic carbocycles. The van der Waals surface area contributed by atoms with Crippen LogP contribution in [0.4, 0.5) is 0 Å². The van der Waals surface area contributed by atoms with Gasteiger partial charge in [-0.2, -0.15) is 0 Å². The molecule has 1 saturated heterocycles. The van der Waals surface area contributed by atoms with Crippen LogP contribution in [0.1, 0.15) is 30.1 Å². The van der Waals surface area contributed by atoms with Crippen LogP contribution in [0, 0.1) is 0 Å². The Kier molecular flexibility index (Phi) is 5.17. The van der Waals surface area contributed by atoms with Crippen molar-refractivity contribution in [3.8, 4) is 0 Å². The Hall–Kier alpha value is -1.63. The van der Waals surface area contributed by atoms with Gasteiger partial charge in [0.25, 0.3) is 0 Å². The van der Waals surface area contributed by atoms with E-state index in [-0.39, 0.29) is 6.54 Å². The van der Waals surface area contributed by atoms with E-state index >= 15 is 0 Å². The molecule has 0 radical (unpaired) electrons. The van der Waals surface area contributed by atoms with Crippen molar-refractivity contribution in [2.24, 2.45) is 5.11 Å². The normalized spacial score (nSPS) is 20.3. The molecule has 0 saturated carbocycles. The van der Waals surface area contributed by atoms with Crippen LogP contribution >= 0.6 is 0 Å². The monoisotopic (exact) mass is 292 g/mol. The molecule has 0 aliphatic carbocycles. The van der Waals surface area contributed by atoms with Gasteiger partial charge in [0.1, 0.15) is 6.10 Å². The zero-order chi connectivity index (χ0) is 15.3. The molecule has 7 nitrogen and oxygen atoms in total. The third kappa shape index (κ3) is 3.72. The molecule has 1 fully saturated rings. The van der Waals surface area contributed by atoms with Crippen LogP contribution in [-0.2, 0) is 5.60 Å². The summed E-state index contributed by atoms with van der Waals surface area (Å²) < 4.78 is 0. The Morgan fingerprint density at radius 3 is 2.43 bits per heavy atom. The number of azide groups is 1. The van der Waals surface area contributed by atoms with Crippen LogP contribution in [0.3, 0.4) is 0 Å². The van der Waals surface area contributed by atoms with E-state index in [9.17, 15) is 15.3 Å². The maximum absolute atomic E-state index is 10.6. The van der Waals surface area contributed by atoms with E-state index in [1.165, 1.54) is 0 Å².